The van der Waals surface area contributed by atoms with Crippen LogP contribution >= 0.6 is 0 Å². The van der Waals surface area contributed by atoms with Gasteiger partial charge in [0.1, 0.15) is 10.7 Å². The summed E-state index contributed by atoms with van der Waals surface area (Å²) < 4.78 is 40.9. The van der Waals surface area contributed by atoms with E-state index < -0.39 is 15.8 Å². The molecular formula is C14H20FNO3S. The molecule has 2 rings (SSSR count). The standard InChI is InChI=1S/C14H20FNO3S/c1-9-3-5-13(10(9)2)16-20(18,19)14-6-4-11(8-17)7-12(14)15/h4,6-7,9-10,13,16-17H,3,5,8H2,1-2H3. The summed E-state index contributed by atoms with van der Waals surface area (Å²) in [6.07, 6.45) is 1.75. The number of sulfonamides is 1. The number of nitrogens with one attached hydrogen (secondary N) is 1. The molecule has 1 aromatic carbocycles. The Balaban J connectivity index is 2.23. The molecule has 3 atom stereocenters. The second-order valence-electron chi connectivity index (χ2n) is 5.56. The Morgan fingerprint density at radius 2 is 2.05 bits per heavy atom. The van der Waals surface area contributed by atoms with E-state index in [4.69, 9.17) is 5.11 Å². The molecule has 0 aliphatic heterocycles. The fraction of sp³-hybridized carbons (Fsp3) is 0.571. The maximum Gasteiger partial charge on any atom is 0.243 e. The van der Waals surface area contributed by atoms with Crippen LogP contribution < -0.4 is 4.72 Å². The Labute approximate surface area is 119 Å². The van der Waals surface area contributed by atoms with Crippen molar-refractivity contribution in [1.29, 1.82) is 0 Å². The molecule has 6 heteroatoms. The van der Waals surface area contributed by atoms with Gasteiger partial charge in [-0.2, -0.15) is 0 Å². The van der Waals surface area contributed by atoms with Crippen molar-refractivity contribution in [2.75, 3.05) is 0 Å². The summed E-state index contributed by atoms with van der Waals surface area (Å²) in [5, 5.41) is 8.92. The van der Waals surface area contributed by atoms with Gasteiger partial charge in [0, 0.05) is 6.04 Å². The quantitative estimate of drug-likeness (QED) is 0.894. The van der Waals surface area contributed by atoms with Crippen LogP contribution in [0.1, 0.15) is 32.3 Å². The van der Waals surface area contributed by atoms with E-state index in [9.17, 15) is 12.8 Å². The molecule has 1 fully saturated rings. The summed E-state index contributed by atoms with van der Waals surface area (Å²) in [6.45, 7) is 3.79. The summed E-state index contributed by atoms with van der Waals surface area (Å²) >= 11 is 0. The predicted octanol–water partition coefficient (Wildman–Crippen LogP) is 2.03. The third-order valence-corrected chi connectivity index (χ3v) is 5.76. The van der Waals surface area contributed by atoms with Gasteiger partial charge in [-0.05, 0) is 42.4 Å². The maximum atomic E-state index is 13.9. The number of hydrogen-bond donors (Lipinski definition) is 2. The molecule has 0 heterocycles. The van der Waals surface area contributed by atoms with Gasteiger partial charge in [0.25, 0.3) is 0 Å². The first-order valence-electron chi connectivity index (χ1n) is 6.76. The molecule has 1 saturated carbocycles. The first-order valence-corrected chi connectivity index (χ1v) is 8.25. The lowest BCUT2D eigenvalue weighted by Gasteiger charge is -2.19. The second-order valence-corrected chi connectivity index (χ2v) is 7.25. The molecule has 0 amide bonds. The van der Waals surface area contributed by atoms with E-state index in [1.165, 1.54) is 12.1 Å². The lowest BCUT2D eigenvalue weighted by atomic mass is 9.98. The van der Waals surface area contributed by atoms with Crippen molar-refractivity contribution >= 4 is 10.0 Å². The van der Waals surface area contributed by atoms with Crippen molar-refractivity contribution < 1.29 is 17.9 Å². The maximum absolute atomic E-state index is 13.9. The smallest absolute Gasteiger partial charge is 0.243 e. The van der Waals surface area contributed by atoms with Gasteiger partial charge in [-0.3, -0.25) is 0 Å². The molecule has 0 saturated heterocycles. The van der Waals surface area contributed by atoms with Crippen LogP contribution in [0.5, 0.6) is 0 Å². The second kappa shape index (κ2) is 5.79. The van der Waals surface area contributed by atoms with Crippen LogP contribution in [-0.4, -0.2) is 19.6 Å². The van der Waals surface area contributed by atoms with Crippen molar-refractivity contribution in [3.05, 3.63) is 29.6 Å². The molecule has 3 unspecified atom stereocenters. The summed E-state index contributed by atoms with van der Waals surface area (Å²) in [7, 11) is -3.86. The van der Waals surface area contributed by atoms with Gasteiger partial charge < -0.3 is 5.11 Å². The van der Waals surface area contributed by atoms with E-state index in [0.717, 1.165) is 18.9 Å². The molecule has 0 spiro atoms. The highest BCUT2D eigenvalue weighted by atomic mass is 32.2. The molecule has 2 N–H and O–H groups in total. The summed E-state index contributed by atoms with van der Waals surface area (Å²) in [5.41, 5.74) is 0.351. The van der Waals surface area contributed by atoms with Crippen LogP contribution in [0.2, 0.25) is 0 Å². The Kier molecular flexibility index (Phi) is 4.46. The van der Waals surface area contributed by atoms with Crippen molar-refractivity contribution in [2.45, 2.75) is 44.2 Å². The highest BCUT2D eigenvalue weighted by Gasteiger charge is 2.33. The number of aliphatic hydroxyl groups excluding tert-OH is 1. The number of halogens is 1. The number of rotatable bonds is 4. The Morgan fingerprint density at radius 1 is 1.35 bits per heavy atom. The van der Waals surface area contributed by atoms with E-state index >= 15 is 0 Å². The predicted molar refractivity (Wildman–Crippen MR) is 74.0 cm³/mol. The molecule has 112 valence electrons. The van der Waals surface area contributed by atoms with Crippen LogP contribution in [0.3, 0.4) is 0 Å². The van der Waals surface area contributed by atoms with Gasteiger partial charge in [-0.1, -0.05) is 19.9 Å². The molecule has 1 aliphatic carbocycles. The molecule has 1 aliphatic rings. The monoisotopic (exact) mass is 301 g/mol. The van der Waals surface area contributed by atoms with E-state index in [-0.39, 0.29) is 23.5 Å². The zero-order chi connectivity index (χ0) is 14.9. The summed E-state index contributed by atoms with van der Waals surface area (Å²) in [6, 6.07) is 3.52. The fourth-order valence-corrected chi connectivity index (χ4v) is 4.08. The van der Waals surface area contributed by atoms with Gasteiger partial charge >= 0.3 is 0 Å². The van der Waals surface area contributed by atoms with E-state index in [1.54, 1.807) is 0 Å². The number of hydrogen-bond acceptors (Lipinski definition) is 3. The van der Waals surface area contributed by atoms with Crippen LogP contribution in [-0.2, 0) is 16.6 Å². The fourth-order valence-electron chi connectivity index (χ4n) is 2.65. The lowest BCUT2D eigenvalue weighted by Crippen LogP contribution is -2.37. The minimum absolute atomic E-state index is 0.146. The molecule has 1 aromatic rings. The zero-order valence-corrected chi connectivity index (χ0v) is 12.5. The Bertz CT molecular complexity index is 588. The minimum atomic E-state index is -3.86. The van der Waals surface area contributed by atoms with Crippen molar-refractivity contribution in [1.82, 2.24) is 4.72 Å². The normalized spacial score (nSPS) is 26.9. The highest BCUT2D eigenvalue weighted by Crippen LogP contribution is 2.32. The number of aliphatic hydroxyl groups is 1. The molecular weight excluding hydrogens is 281 g/mol. The van der Waals surface area contributed by atoms with Crippen molar-refractivity contribution in [2.24, 2.45) is 11.8 Å². The van der Waals surface area contributed by atoms with Gasteiger partial charge in [0.2, 0.25) is 10.0 Å². The van der Waals surface area contributed by atoms with Gasteiger partial charge in [0.05, 0.1) is 6.61 Å². The number of benzene rings is 1. The zero-order valence-electron chi connectivity index (χ0n) is 11.6. The van der Waals surface area contributed by atoms with Gasteiger partial charge in [-0.25, -0.2) is 17.5 Å². The average molecular weight is 301 g/mol. The third-order valence-electron chi connectivity index (χ3n) is 4.24. The molecule has 4 nitrogen and oxygen atoms in total. The van der Waals surface area contributed by atoms with Gasteiger partial charge in [-0.15, -0.1) is 0 Å². The van der Waals surface area contributed by atoms with Crippen LogP contribution in [0.15, 0.2) is 23.1 Å². The topological polar surface area (TPSA) is 66.4 Å². The molecule has 0 bridgehead atoms. The first kappa shape index (κ1) is 15.4. The van der Waals surface area contributed by atoms with E-state index in [1.807, 2.05) is 6.92 Å². The molecule has 0 radical (unpaired) electrons. The van der Waals surface area contributed by atoms with E-state index in [2.05, 4.69) is 11.6 Å². The Hall–Kier alpha value is -0.980. The minimum Gasteiger partial charge on any atom is -0.392 e. The first-order chi connectivity index (χ1) is 9.35. The van der Waals surface area contributed by atoms with Crippen LogP contribution in [0.4, 0.5) is 4.39 Å². The van der Waals surface area contributed by atoms with E-state index in [0.29, 0.717) is 11.5 Å². The Morgan fingerprint density at radius 3 is 2.55 bits per heavy atom. The van der Waals surface area contributed by atoms with Gasteiger partial charge in [0.15, 0.2) is 0 Å². The third kappa shape index (κ3) is 3.02. The largest absolute Gasteiger partial charge is 0.392 e. The van der Waals surface area contributed by atoms with Crippen LogP contribution in [0, 0.1) is 17.7 Å². The summed E-state index contributed by atoms with van der Waals surface area (Å²) in [5.74, 6) is -0.128. The molecule has 0 aromatic heterocycles. The molecule has 20 heavy (non-hydrogen) atoms. The highest BCUT2D eigenvalue weighted by molar-refractivity contribution is 7.89. The van der Waals surface area contributed by atoms with Crippen molar-refractivity contribution in [3.8, 4) is 0 Å². The average Bonchev–Trinajstić information content (AvgIpc) is 2.69. The summed E-state index contributed by atoms with van der Waals surface area (Å²) in [4.78, 5) is -0.360. The van der Waals surface area contributed by atoms with Crippen LogP contribution in [0.25, 0.3) is 0 Å². The van der Waals surface area contributed by atoms with Crippen molar-refractivity contribution in [3.63, 3.8) is 0 Å². The lowest BCUT2D eigenvalue weighted by molar-refractivity contribution is 0.281. The SMILES string of the molecule is CC1CCC(NS(=O)(=O)c2ccc(CO)cc2F)C1C.